The number of hydrogen-bond donors (Lipinski definition) is 1. The number of thioether (sulfide) groups is 1. The lowest BCUT2D eigenvalue weighted by atomic mass is 10.0. The first kappa shape index (κ1) is 8.38. The molecule has 0 radical (unpaired) electrons. The van der Waals surface area contributed by atoms with Crippen molar-refractivity contribution in [2.45, 2.75) is 24.9 Å². The van der Waals surface area contributed by atoms with Gasteiger partial charge < -0.3 is 10.6 Å². The van der Waals surface area contributed by atoms with Crippen molar-refractivity contribution in [3.63, 3.8) is 0 Å². The number of carbonyl (C=O) groups excluding carboxylic acids is 1. The molecule has 1 unspecified atom stereocenters. The molecule has 0 bridgehead atoms. The molecular formula is C8H14N2OS. The predicted octanol–water partition coefficient (Wildman–Crippen LogP) is 0.0515. The van der Waals surface area contributed by atoms with Crippen LogP contribution < -0.4 is 5.73 Å². The number of amides is 1. The second-order valence-electron chi connectivity index (χ2n) is 3.44. The molecule has 0 aromatic heterocycles. The molecule has 0 aromatic carbocycles. The molecule has 0 aliphatic carbocycles. The third kappa shape index (κ3) is 1.33. The molecule has 1 atom stereocenters. The number of carbonyl (C=O) groups is 1. The zero-order chi connectivity index (χ0) is 8.55. The van der Waals surface area contributed by atoms with Gasteiger partial charge in [0.05, 0.1) is 0 Å². The van der Waals surface area contributed by atoms with Crippen molar-refractivity contribution in [1.29, 1.82) is 0 Å². The molecule has 0 spiro atoms. The highest BCUT2D eigenvalue weighted by Gasteiger charge is 2.38. The van der Waals surface area contributed by atoms with Crippen molar-refractivity contribution in [2.75, 3.05) is 18.1 Å². The second kappa shape index (κ2) is 3.26. The maximum absolute atomic E-state index is 11.3. The minimum absolute atomic E-state index is 0.159. The lowest BCUT2D eigenvalue weighted by Gasteiger charge is -2.43. The van der Waals surface area contributed by atoms with Crippen LogP contribution in [0.15, 0.2) is 0 Å². The van der Waals surface area contributed by atoms with Gasteiger partial charge in [0.2, 0.25) is 5.91 Å². The van der Waals surface area contributed by atoms with E-state index in [9.17, 15) is 4.79 Å². The van der Waals surface area contributed by atoms with Gasteiger partial charge in [0.15, 0.2) is 0 Å². The maximum atomic E-state index is 11.3. The predicted molar refractivity (Wildman–Crippen MR) is 50.0 cm³/mol. The Morgan fingerprint density at radius 1 is 1.42 bits per heavy atom. The Balaban J connectivity index is 1.88. The van der Waals surface area contributed by atoms with E-state index in [1.54, 1.807) is 0 Å². The van der Waals surface area contributed by atoms with E-state index in [-0.39, 0.29) is 11.9 Å². The summed E-state index contributed by atoms with van der Waals surface area (Å²) in [5, 5.41) is 0. The van der Waals surface area contributed by atoms with Crippen molar-refractivity contribution in [3.05, 3.63) is 0 Å². The Kier molecular flexibility index (Phi) is 2.28. The van der Waals surface area contributed by atoms with Crippen molar-refractivity contribution in [1.82, 2.24) is 4.90 Å². The first-order valence-corrected chi connectivity index (χ1v) is 5.58. The van der Waals surface area contributed by atoms with E-state index in [4.69, 9.17) is 5.73 Å². The molecule has 2 aliphatic rings. The molecule has 12 heavy (non-hydrogen) atoms. The van der Waals surface area contributed by atoms with E-state index in [0.29, 0.717) is 6.04 Å². The van der Waals surface area contributed by atoms with Gasteiger partial charge in [0.1, 0.15) is 6.04 Å². The summed E-state index contributed by atoms with van der Waals surface area (Å²) >= 11 is 1.98. The van der Waals surface area contributed by atoms with Gasteiger partial charge in [-0.1, -0.05) is 0 Å². The zero-order valence-corrected chi connectivity index (χ0v) is 7.85. The van der Waals surface area contributed by atoms with Crippen LogP contribution in [0, 0.1) is 0 Å². The highest BCUT2D eigenvalue weighted by atomic mass is 32.2. The van der Waals surface area contributed by atoms with Crippen molar-refractivity contribution >= 4 is 17.7 Å². The number of rotatable bonds is 1. The van der Waals surface area contributed by atoms with Crippen LogP contribution in [0.2, 0.25) is 0 Å². The molecule has 4 heteroatoms. The first-order chi connectivity index (χ1) is 5.79. The molecule has 2 rings (SSSR count). The number of likely N-dealkylation sites (tertiary alicyclic amines) is 1. The molecule has 2 N–H and O–H groups in total. The van der Waals surface area contributed by atoms with Crippen LogP contribution in [-0.4, -0.2) is 40.9 Å². The van der Waals surface area contributed by atoms with Crippen LogP contribution in [0.4, 0.5) is 0 Å². The summed E-state index contributed by atoms with van der Waals surface area (Å²) < 4.78 is 0. The largest absolute Gasteiger partial charge is 0.336 e. The van der Waals surface area contributed by atoms with E-state index in [0.717, 1.165) is 19.4 Å². The topological polar surface area (TPSA) is 46.3 Å². The molecule has 68 valence electrons. The average Bonchev–Trinajstić information content (AvgIpc) is 2.15. The molecule has 2 fully saturated rings. The fourth-order valence-electron chi connectivity index (χ4n) is 1.81. The molecule has 0 aromatic rings. The van der Waals surface area contributed by atoms with Gasteiger partial charge in [-0.05, 0) is 24.3 Å². The molecule has 0 saturated carbocycles. The zero-order valence-electron chi connectivity index (χ0n) is 7.03. The second-order valence-corrected chi connectivity index (χ2v) is 4.67. The third-order valence-electron chi connectivity index (χ3n) is 2.63. The molecule has 2 saturated heterocycles. The van der Waals surface area contributed by atoms with Crippen LogP contribution in [0.1, 0.15) is 12.8 Å². The quantitative estimate of drug-likeness (QED) is 0.589. The fraction of sp³-hybridized carbons (Fsp3) is 0.875. The highest BCUT2D eigenvalue weighted by Crippen LogP contribution is 2.25. The van der Waals surface area contributed by atoms with Gasteiger partial charge in [-0.25, -0.2) is 0 Å². The Morgan fingerprint density at radius 2 is 2.08 bits per heavy atom. The number of nitrogens with two attached hydrogens (primary N) is 1. The summed E-state index contributed by atoms with van der Waals surface area (Å²) in [5.41, 5.74) is 5.52. The molecule has 2 aliphatic heterocycles. The van der Waals surface area contributed by atoms with Crippen LogP contribution in [0.5, 0.6) is 0 Å². The van der Waals surface area contributed by atoms with Gasteiger partial charge >= 0.3 is 0 Å². The van der Waals surface area contributed by atoms with Gasteiger partial charge in [0.25, 0.3) is 0 Å². The lowest BCUT2D eigenvalue weighted by Crippen LogP contribution is -2.64. The van der Waals surface area contributed by atoms with Crippen molar-refractivity contribution in [3.8, 4) is 0 Å². The molecule has 1 amide bonds. The monoisotopic (exact) mass is 186 g/mol. The van der Waals surface area contributed by atoms with E-state index in [2.05, 4.69) is 0 Å². The summed E-state index contributed by atoms with van der Waals surface area (Å²) in [5.74, 6) is 2.56. The van der Waals surface area contributed by atoms with Gasteiger partial charge in [0, 0.05) is 12.6 Å². The average molecular weight is 186 g/mol. The molecule has 2 heterocycles. The fourth-order valence-corrected chi connectivity index (χ4v) is 2.89. The van der Waals surface area contributed by atoms with Gasteiger partial charge in [-0.15, -0.1) is 0 Å². The van der Waals surface area contributed by atoms with Crippen LogP contribution >= 0.6 is 11.8 Å². The Morgan fingerprint density at radius 3 is 2.58 bits per heavy atom. The highest BCUT2D eigenvalue weighted by molar-refractivity contribution is 7.99. The Bertz CT molecular complexity index is 191. The SMILES string of the molecule is NC1CN(C2CCSCC2)C1=O. The van der Waals surface area contributed by atoms with E-state index in [1.165, 1.54) is 11.5 Å². The van der Waals surface area contributed by atoms with Crippen molar-refractivity contribution in [2.24, 2.45) is 5.73 Å². The summed E-state index contributed by atoms with van der Waals surface area (Å²) in [4.78, 5) is 13.2. The van der Waals surface area contributed by atoms with Gasteiger partial charge in [-0.3, -0.25) is 4.79 Å². The maximum Gasteiger partial charge on any atom is 0.241 e. The van der Waals surface area contributed by atoms with E-state index < -0.39 is 0 Å². The summed E-state index contributed by atoms with van der Waals surface area (Å²) in [6.45, 7) is 0.786. The number of β-lactam (4-membered cyclic amide) rings is 1. The normalized spacial score (nSPS) is 31.9. The number of hydrogen-bond acceptors (Lipinski definition) is 3. The minimum Gasteiger partial charge on any atom is -0.336 e. The Labute approximate surface area is 76.7 Å². The lowest BCUT2D eigenvalue weighted by molar-refractivity contribution is -0.145. The molecular weight excluding hydrogens is 172 g/mol. The minimum atomic E-state index is -0.195. The smallest absolute Gasteiger partial charge is 0.241 e. The van der Waals surface area contributed by atoms with Crippen molar-refractivity contribution < 1.29 is 4.79 Å². The summed E-state index contributed by atoms with van der Waals surface area (Å²) in [6.07, 6.45) is 2.31. The summed E-state index contributed by atoms with van der Waals surface area (Å²) in [6, 6.07) is 0.304. The van der Waals surface area contributed by atoms with Crippen LogP contribution in [0.25, 0.3) is 0 Å². The van der Waals surface area contributed by atoms with Crippen LogP contribution in [-0.2, 0) is 4.79 Å². The molecule has 3 nitrogen and oxygen atoms in total. The first-order valence-electron chi connectivity index (χ1n) is 4.43. The number of nitrogens with zero attached hydrogens (tertiary/aromatic N) is 1. The van der Waals surface area contributed by atoms with E-state index >= 15 is 0 Å². The Hall–Kier alpha value is -0.220. The van der Waals surface area contributed by atoms with Crippen LogP contribution in [0.3, 0.4) is 0 Å². The standard InChI is InChI=1S/C8H14N2OS/c9-7-5-10(8(7)11)6-1-3-12-4-2-6/h6-7H,1-5,9H2. The third-order valence-corrected chi connectivity index (χ3v) is 3.67. The summed E-state index contributed by atoms with van der Waals surface area (Å²) in [7, 11) is 0. The van der Waals surface area contributed by atoms with E-state index in [1.807, 2.05) is 16.7 Å². The van der Waals surface area contributed by atoms with Gasteiger partial charge in [-0.2, -0.15) is 11.8 Å².